The van der Waals surface area contributed by atoms with Crippen LogP contribution in [0.25, 0.3) is 0 Å². The number of amides is 12. The first-order valence-corrected chi connectivity index (χ1v) is 35.1. The molecule has 2 aliphatic heterocycles. The van der Waals surface area contributed by atoms with E-state index in [1.807, 2.05) is 0 Å². The minimum absolute atomic E-state index is 0.00559. The molecule has 0 spiro atoms. The molecule has 0 radical (unpaired) electrons. The number of nitrogens with two attached hydrogens (primary N) is 4. The molecule has 12 amide bonds. The number of carboxylic acids is 1. The van der Waals surface area contributed by atoms with Crippen LogP contribution in [0.3, 0.4) is 0 Å². The predicted octanol–water partition coefficient (Wildman–Crippen LogP) is -2.96. The molecule has 0 saturated carbocycles. The van der Waals surface area contributed by atoms with Gasteiger partial charge in [0.25, 0.3) is 0 Å². The molecule has 2 aliphatic rings. The Labute approximate surface area is 586 Å². The molecule has 0 aromatic heterocycles. The van der Waals surface area contributed by atoms with E-state index in [1.165, 1.54) is 16.7 Å². The number of carbonyl (C=O) groups excluding carboxylic acids is 12. The Morgan fingerprint density at radius 2 is 0.970 bits per heavy atom. The molecule has 22 N–H and O–H groups in total. The van der Waals surface area contributed by atoms with Gasteiger partial charge in [0.15, 0.2) is 5.96 Å². The van der Waals surface area contributed by atoms with Crippen LogP contribution in [0.2, 0.25) is 0 Å². The summed E-state index contributed by atoms with van der Waals surface area (Å²) in [5, 5.41) is 57.1. The molecule has 0 aliphatic carbocycles. The Morgan fingerprint density at radius 3 is 1.49 bits per heavy atom. The molecule has 1 aromatic rings. The largest absolute Gasteiger partial charge is 0.480 e. The van der Waals surface area contributed by atoms with Crippen molar-refractivity contribution in [2.45, 2.75) is 231 Å². The van der Waals surface area contributed by atoms with Crippen molar-refractivity contribution >= 4 is 82.8 Å². The first kappa shape index (κ1) is 85.7. The molecule has 33 heteroatoms. The maximum absolute atomic E-state index is 14.5. The summed E-state index contributed by atoms with van der Waals surface area (Å²) in [6.07, 6.45) is 4.46. The van der Waals surface area contributed by atoms with Gasteiger partial charge in [-0.25, -0.2) is 4.79 Å². The second kappa shape index (κ2) is 43.9. The minimum atomic E-state index is -1.64. The van der Waals surface area contributed by atoms with E-state index in [1.54, 1.807) is 85.7 Å². The Hall–Kier alpha value is -8.56. The Bertz CT molecular complexity index is 2910. The van der Waals surface area contributed by atoms with E-state index in [-0.39, 0.29) is 70.5 Å². The minimum Gasteiger partial charge on any atom is -0.480 e. The number of rotatable bonds is 44. The average Bonchev–Trinajstić information content (AvgIpc) is 1.61. The molecule has 2 heterocycles. The summed E-state index contributed by atoms with van der Waals surface area (Å²) < 4.78 is 0. The van der Waals surface area contributed by atoms with Crippen molar-refractivity contribution in [1.82, 2.24) is 68.3 Å². The highest BCUT2D eigenvalue weighted by Crippen LogP contribution is 2.24. The zero-order chi connectivity index (χ0) is 74.9. The fourth-order valence-electron chi connectivity index (χ4n) is 11.6. The van der Waals surface area contributed by atoms with Crippen molar-refractivity contribution in [3.05, 3.63) is 35.9 Å². The number of unbranched alkanes of at least 4 members (excludes halogenated alkanes) is 2. The van der Waals surface area contributed by atoms with Crippen molar-refractivity contribution in [2.75, 3.05) is 45.9 Å². The van der Waals surface area contributed by atoms with Crippen molar-refractivity contribution < 1.29 is 72.5 Å². The molecular formula is C67H114N18O15. The van der Waals surface area contributed by atoms with Crippen molar-refractivity contribution in [1.29, 1.82) is 5.41 Å². The van der Waals surface area contributed by atoms with Gasteiger partial charge in [0.2, 0.25) is 70.9 Å². The number of hydrogen-bond donors (Lipinski definition) is 18. The number of guanidine groups is 1. The van der Waals surface area contributed by atoms with Crippen LogP contribution in [-0.2, 0) is 68.7 Å². The van der Waals surface area contributed by atoms with Gasteiger partial charge in [0.05, 0.1) is 19.2 Å². The normalized spacial score (nSPS) is 17.9. The van der Waals surface area contributed by atoms with Crippen LogP contribution in [0, 0.1) is 29.1 Å². The number of carboxylic acid groups (broad SMARTS) is 1. The standard InChI is InChI=1S/C67H114N18O15/c1-10-39(7)53(61(94)74-35-50(87)80-51(37(3)4)62(95)79-47(36-86)58(91)83-54(40(8)11-2)65(98)85-33-21-28-49(85)60(93)78-46(66(99)100)34-42-22-13-12-14-23-42)82-63(96)52(38(5)6)81-57(90)44(26-19-31-73-67(71)72)76-59(92)48-27-20-32-84(48)64(97)45(25-16-18-30-69)77-56(89)43(24-15-17-29-68)75-55(88)41(9)70/h12-14,22-23,37-41,43-49,51-54,86H,10-11,15-21,24-36,68-70H2,1-9H3,(H,74,94)(H,75,88)(H,76,92)(H,77,89)(H,78,93)(H,79,95)(H,80,87)(H,81,90)(H,82,96)(H,83,91)(H,99,100)(H4,71,72,73)/t39-,40-,41-,43-,44-,45-,46-,47-,48-,49-,51-,52-,53-,54-/m0/s1. The molecule has 2 saturated heterocycles. The second-order valence-corrected chi connectivity index (χ2v) is 26.7. The van der Waals surface area contributed by atoms with Crippen LogP contribution in [0.4, 0.5) is 0 Å². The third kappa shape index (κ3) is 27.5. The van der Waals surface area contributed by atoms with E-state index in [4.69, 9.17) is 28.3 Å². The van der Waals surface area contributed by atoms with E-state index in [0.29, 0.717) is 70.0 Å². The number of aliphatic hydroxyl groups excluding tert-OH is 1. The lowest BCUT2D eigenvalue weighted by Gasteiger charge is -2.32. The first-order chi connectivity index (χ1) is 47.3. The van der Waals surface area contributed by atoms with E-state index < -0.39 is 186 Å². The predicted molar refractivity (Wildman–Crippen MR) is 372 cm³/mol. The number of nitrogens with one attached hydrogen (secondary N) is 12. The number of hydrogen-bond acceptors (Lipinski definition) is 18. The highest BCUT2D eigenvalue weighted by molar-refractivity contribution is 6.00. The van der Waals surface area contributed by atoms with Crippen molar-refractivity contribution in [3.63, 3.8) is 0 Å². The average molecular weight is 1410 g/mol. The quantitative estimate of drug-likeness (QED) is 0.0176. The highest BCUT2D eigenvalue weighted by atomic mass is 16.4. The van der Waals surface area contributed by atoms with Crippen LogP contribution in [0.5, 0.6) is 0 Å². The van der Waals surface area contributed by atoms with Gasteiger partial charge >= 0.3 is 5.97 Å². The maximum atomic E-state index is 14.5. The van der Waals surface area contributed by atoms with Gasteiger partial charge < -0.3 is 101 Å². The second-order valence-electron chi connectivity index (χ2n) is 26.7. The number of aliphatic hydroxyl groups is 1. The van der Waals surface area contributed by atoms with Crippen LogP contribution in [-0.4, -0.2) is 221 Å². The molecule has 562 valence electrons. The van der Waals surface area contributed by atoms with Gasteiger partial charge in [-0.2, -0.15) is 0 Å². The summed E-state index contributed by atoms with van der Waals surface area (Å²) in [5.41, 5.74) is 23.5. The highest BCUT2D eigenvalue weighted by Gasteiger charge is 2.43. The van der Waals surface area contributed by atoms with Gasteiger partial charge in [0, 0.05) is 26.1 Å². The van der Waals surface area contributed by atoms with E-state index in [2.05, 4.69) is 58.5 Å². The summed E-state index contributed by atoms with van der Waals surface area (Å²) in [7, 11) is 0. The molecule has 0 unspecified atom stereocenters. The summed E-state index contributed by atoms with van der Waals surface area (Å²) in [6, 6.07) is -5.99. The Balaban J connectivity index is 1.75. The number of likely N-dealkylation sites (tertiary alicyclic amines) is 2. The SMILES string of the molecule is CC[C@H](C)[C@H](NC(=O)[C@@H](NC(=O)[C@H](CCCNC(=N)N)NC(=O)[C@@H]1CCCN1C(=O)[C@H](CCCCN)NC(=O)[C@H](CCCCN)NC(=O)[C@H](C)N)C(C)C)C(=O)NCC(=O)N[C@H](C(=O)N[C@@H](CO)C(=O)N[C@H](C(=O)N1CCC[C@H]1C(=O)N[C@@H](Cc1ccccc1)C(=O)O)[C@@H](C)CC)C(C)C. The fourth-order valence-corrected chi connectivity index (χ4v) is 11.6. The van der Waals surface area contributed by atoms with Gasteiger partial charge in [-0.3, -0.25) is 62.9 Å². The van der Waals surface area contributed by atoms with Gasteiger partial charge in [0.1, 0.15) is 66.5 Å². The number of carbonyl (C=O) groups is 13. The molecule has 14 atom stereocenters. The zero-order valence-electron chi connectivity index (χ0n) is 59.6. The summed E-state index contributed by atoms with van der Waals surface area (Å²) in [6.45, 7) is 14.2. The smallest absolute Gasteiger partial charge is 0.326 e. The lowest BCUT2D eigenvalue weighted by molar-refractivity contribution is -0.145. The summed E-state index contributed by atoms with van der Waals surface area (Å²) in [5.74, 6) is -12.8. The van der Waals surface area contributed by atoms with Gasteiger partial charge in [-0.15, -0.1) is 0 Å². The van der Waals surface area contributed by atoms with Crippen molar-refractivity contribution in [2.24, 2.45) is 46.6 Å². The third-order valence-electron chi connectivity index (χ3n) is 18.1. The van der Waals surface area contributed by atoms with Crippen LogP contribution in [0.15, 0.2) is 30.3 Å². The molecule has 2 fully saturated rings. The molecule has 100 heavy (non-hydrogen) atoms. The molecule has 1 aromatic carbocycles. The topological polar surface area (TPSA) is 529 Å². The lowest BCUT2D eigenvalue weighted by atomic mass is 9.96. The van der Waals surface area contributed by atoms with Gasteiger partial charge in [-0.05, 0) is 126 Å². The van der Waals surface area contributed by atoms with Gasteiger partial charge in [-0.1, -0.05) is 98.6 Å². The molecule has 33 nitrogen and oxygen atoms in total. The molecular weight excluding hydrogens is 1300 g/mol. The van der Waals surface area contributed by atoms with Crippen LogP contribution in [0.1, 0.15) is 158 Å². The van der Waals surface area contributed by atoms with E-state index in [0.717, 1.165) is 0 Å². The maximum Gasteiger partial charge on any atom is 0.326 e. The molecule has 0 bridgehead atoms. The fraction of sp³-hybridized carbons (Fsp3) is 0.701. The summed E-state index contributed by atoms with van der Waals surface area (Å²) in [4.78, 5) is 182. The summed E-state index contributed by atoms with van der Waals surface area (Å²) >= 11 is 0. The number of nitrogens with zero attached hydrogens (tertiary/aromatic N) is 2. The van der Waals surface area contributed by atoms with E-state index in [9.17, 15) is 72.5 Å². The lowest BCUT2D eigenvalue weighted by Crippen LogP contribution is -2.61. The number of benzene rings is 1. The Morgan fingerprint density at radius 1 is 0.520 bits per heavy atom. The monoisotopic (exact) mass is 1410 g/mol. The zero-order valence-corrected chi connectivity index (χ0v) is 59.6. The van der Waals surface area contributed by atoms with Crippen LogP contribution < -0.4 is 81.4 Å². The Kier molecular flexibility index (Phi) is 37.6. The van der Waals surface area contributed by atoms with Crippen LogP contribution >= 0.6 is 0 Å². The van der Waals surface area contributed by atoms with E-state index >= 15 is 0 Å². The van der Waals surface area contributed by atoms with Crippen molar-refractivity contribution in [3.8, 4) is 0 Å². The molecule has 3 rings (SSSR count). The third-order valence-corrected chi connectivity index (χ3v) is 18.1. The first-order valence-electron chi connectivity index (χ1n) is 35.1. The number of aliphatic carboxylic acids is 1.